The Bertz CT molecular complexity index is 307. The van der Waals surface area contributed by atoms with E-state index in [0.29, 0.717) is 0 Å². The fourth-order valence-electron chi connectivity index (χ4n) is 0.942. The van der Waals surface area contributed by atoms with E-state index in [2.05, 4.69) is 5.10 Å². The first-order valence-electron chi connectivity index (χ1n) is 3.73. The lowest BCUT2D eigenvalue weighted by molar-refractivity contribution is 0.185. The zero-order valence-corrected chi connectivity index (χ0v) is 7.11. The minimum atomic E-state index is -1.30. The Kier molecular flexibility index (Phi) is 2.74. The van der Waals surface area contributed by atoms with E-state index in [1.54, 1.807) is 0 Å². The molecule has 0 saturated heterocycles. The van der Waals surface area contributed by atoms with Crippen molar-refractivity contribution in [1.29, 1.82) is 5.41 Å². The third kappa shape index (κ3) is 1.90. The average Bonchev–Trinajstić information content (AvgIpc) is 2.47. The van der Waals surface area contributed by atoms with E-state index in [1.165, 1.54) is 13.1 Å². The van der Waals surface area contributed by atoms with Crippen LogP contribution in [0.4, 0.5) is 4.39 Å². The molecule has 1 aromatic rings. The number of nitrogens with one attached hydrogen (secondary N) is 1. The zero-order chi connectivity index (χ0) is 10.0. The molecule has 0 aliphatic carbocycles. The van der Waals surface area contributed by atoms with E-state index < -0.39 is 12.5 Å². The predicted octanol–water partition coefficient (Wildman–Crippen LogP) is 0.318. The molecule has 2 atom stereocenters. The normalized spacial score (nSPS) is 15.4. The van der Waals surface area contributed by atoms with Crippen LogP contribution in [0.2, 0.25) is 0 Å². The quantitative estimate of drug-likeness (QED) is 0.469. The lowest BCUT2D eigenvalue weighted by atomic mass is 10.2. The number of aromatic nitrogens is 2. The Balaban J connectivity index is 3.11. The number of aliphatic hydroxyl groups excluding tert-OH is 1. The van der Waals surface area contributed by atoms with Gasteiger partial charge in [-0.1, -0.05) is 0 Å². The Morgan fingerprint density at radius 2 is 2.46 bits per heavy atom. The molecule has 0 fully saturated rings. The van der Waals surface area contributed by atoms with Crippen molar-refractivity contribution in [3.05, 3.63) is 17.5 Å². The molecule has 0 aliphatic heterocycles. The highest BCUT2D eigenvalue weighted by atomic mass is 19.1. The van der Waals surface area contributed by atoms with Gasteiger partial charge in [-0.15, -0.1) is 0 Å². The van der Waals surface area contributed by atoms with Crippen LogP contribution in [0, 0.1) is 5.41 Å². The van der Waals surface area contributed by atoms with Crippen molar-refractivity contribution in [3.8, 4) is 0 Å². The Labute approximate surface area is 74.5 Å². The van der Waals surface area contributed by atoms with Crippen LogP contribution in [0.25, 0.3) is 0 Å². The summed E-state index contributed by atoms with van der Waals surface area (Å²) in [7, 11) is 0. The molecule has 0 aliphatic rings. The SMILES string of the molecule is CC(F)n1cc(C(N)O)c(C=N)n1. The first kappa shape index (κ1) is 9.82. The molecule has 2 unspecified atom stereocenters. The number of rotatable bonds is 3. The van der Waals surface area contributed by atoms with Crippen LogP contribution >= 0.6 is 0 Å². The van der Waals surface area contributed by atoms with Gasteiger partial charge in [-0.2, -0.15) is 5.10 Å². The van der Waals surface area contributed by atoms with Crippen LogP contribution in [-0.2, 0) is 0 Å². The van der Waals surface area contributed by atoms with Crippen molar-refractivity contribution < 1.29 is 9.50 Å². The predicted molar refractivity (Wildman–Crippen MR) is 45.1 cm³/mol. The van der Waals surface area contributed by atoms with E-state index in [9.17, 15) is 4.39 Å². The highest BCUT2D eigenvalue weighted by Crippen LogP contribution is 2.14. The summed E-state index contributed by atoms with van der Waals surface area (Å²) in [5.41, 5.74) is 5.61. The molecular weight excluding hydrogens is 175 g/mol. The first-order valence-corrected chi connectivity index (χ1v) is 3.73. The van der Waals surface area contributed by atoms with Crippen molar-refractivity contribution in [2.45, 2.75) is 19.4 Å². The van der Waals surface area contributed by atoms with E-state index in [4.69, 9.17) is 16.2 Å². The molecule has 5 nitrogen and oxygen atoms in total. The lowest BCUT2D eigenvalue weighted by Gasteiger charge is -2.00. The minimum absolute atomic E-state index is 0.180. The highest BCUT2D eigenvalue weighted by Gasteiger charge is 2.14. The monoisotopic (exact) mass is 186 g/mol. The number of halogens is 1. The van der Waals surface area contributed by atoms with Gasteiger partial charge < -0.3 is 16.2 Å². The second kappa shape index (κ2) is 3.63. The minimum Gasteiger partial charge on any atom is -0.374 e. The molecule has 0 radical (unpaired) electrons. The van der Waals surface area contributed by atoms with E-state index in [-0.39, 0.29) is 11.3 Å². The summed E-state index contributed by atoms with van der Waals surface area (Å²) in [6.45, 7) is 1.30. The molecule has 0 bridgehead atoms. The fourth-order valence-corrected chi connectivity index (χ4v) is 0.942. The van der Waals surface area contributed by atoms with Crippen molar-refractivity contribution in [2.24, 2.45) is 5.73 Å². The maximum atomic E-state index is 12.7. The summed E-state index contributed by atoms with van der Waals surface area (Å²) in [6, 6.07) is 0. The Morgan fingerprint density at radius 1 is 1.85 bits per heavy atom. The number of aliphatic hydroxyl groups is 1. The zero-order valence-electron chi connectivity index (χ0n) is 7.11. The second-order valence-electron chi connectivity index (χ2n) is 2.61. The largest absolute Gasteiger partial charge is 0.374 e. The van der Waals surface area contributed by atoms with E-state index >= 15 is 0 Å². The van der Waals surface area contributed by atoms with Crippen molar-refractivity contribution in [1.82, 2.24) is 9.78 Å². The molecule has 1 heterocycles. The van der Waals surface area contributed by atoms with Crippen molar-refractivity contribution in [2.75, 3.05) is 0 Å². The van der Waals surface area contributed by atoms with Crippen LogP contribution in [0.1, 0.15) is 30.7 Å². The second-order valence-corrected chi connectivity index (χ2v) is 2.61. The van der Waals surface area contributed by atoms with Gasteiger partial charge in [0.1, 0.15) is 11.9 Å². The van der Waals surface area contributed by atoms with Gasteiger partial charge >= 0.3 is 0 Å². The summed E-state index contributed by atoms with van der Waals surface area (Å²) >= 11 is 0. The van der Waals surface area contributed by atoms with Crippen LogP contribution in [0.5, 0.6) is 0 Å². The molecule has 1 aromatic heterocycles. The molecule has 0 amide bonds. The lowest BCUT2D eigenvalue weighted by Crippen LogP contribution is -2.09. The number of hydrogen-bond acceptors (Lipinski definition) is 4. The van der Waals surface area contributed by atoms with Crippen LogP contribution in [0.3, 0.4) is 0 Å². The summed E-state index contributed by atoms with van der Waals surface area (Å²) in [5, 5.41) is 19.7. The van der Waals surface area contributed by atoms with Gasteiger partial charge in [0, 0.05) is 18.0 Å². The number of hydrogen-bond donors (Lipinski definition) is 3. The molecule has 4 N–H and O–H groups in total. The van der Waals surface area contributed by atoms with Gasteiger partial charge in [0.15, 0.2) is 6.30 Å². The highest BCUT2D eigenvalue weighted by molar-refractivity contribution is 5.76. The molecule has 0 spiro atoms. The smallest absolute Gasteiger partial charge is 0.188 e. The molecule has 1 rings (SSSR count). The van der Waals surface area contributed by atoms with Crippen LogP contribution < -0.4 is 5.73 Å². The average molecular weight is 186 g/mol. The number of nitrogens with zero attached hydrogens (tertiary/aromatic N) is 2. The third-order valence-corrected chi connectivity index (χ3v) is 1.61. The van der Waals surface area contributed by atoms with E-state index in [1.807, 2.05) is 0 Å². The first-order chi connectivity index (χ1) is 6.06. The Hall–Kier alpha value is -1.27. The molecule has 13 heavy (non-hydrogen) atoms. The van der Waals surface area contributed by atoms with Gasteiger partial charge in [0.05, 0.1) is 0 Å². The molecular formula is C7H11FN4O. The topological polar surface area (TPSA) is 87.9 Å². The van der Waals surface area contributed by atoms with Crippen LogP contribution in [0.15, 0.2) is 6.20 Å². The summed E-state index contributed by atoms with van der Waals surface area (Å²) < 4.78 is 13.7. The molecule has 72 valence electrons. The third-order valence-electron chi connectivity index (χ3n) is 1.61. The van der Waals surface area contributed by atoms with Crippen molar-refractivity contribution >= 4 is 6.21 Å². The fraction of sp³-hybridized carbons (Fsp3) is 0.429. The molecule has 0 aromatic carbocycles. The van der Waals surface area contributed by atoms with Crippen LogP contribution in [-0.4, -0.2) is 21.1 Å². The molecule has 6 heteroatoms. The van der Waals surface area contributed by atoms with Gasteiger partial charge in [-0.25, -0.2) is 9.07 Å². The van der Waals surface area contributed by atoms with Gasteiger partial charge in [-0.05, 0) is 6.92 Å². The van der Waals surface area contributed by atoms with E-state index in [0.717, 1.165) is 10.9 Å². The summed E-state index contributed by atoms with van der Waals surface area (Å²) in [6.07, 6.45) is -0.324. The maximum Gasteiger partial charge on any atom is 0.188 e. The van der Waals surface area contributed by atoms with Gasteiger partial charge in [-0.3, -0.25) is 0 Å². The summed E-state index contributed by atoms with van der Waals surface area (Å²) in [5.74, 6) is 0. The standard InChI is InChI=1S/C7H11FN4O/c1-4(8)12-3-5(7(10)13)6(2-9)11-12/h2-4,7,9,13H,10H2,1H3. The van der Waals surface area contributed by atoms with Gasteiger partial charge in [0.2, 0.25) is 0 Å². The molecule has 0 saturated carbocycles. The number of alkyl halides is 1. The number of nitrogens with two attached hydrogens (primary N) is 1. The summed E-state index contributed by atoms with van der Waals surface area (Å²) in [4.78, 5) is 0. The van der Waals surface area contributed by atoms with Gasteiger partial charge in [0.25, 0.3) is 0 Å². The Morgan fingerprint density at radius 3 is 2.77 bits per heavy atom. The maximum absolute atomic E-state index is 12.7. The van der Waals surface area contributed by atoms with Crippen molar-refractivity contribution in [3.63, 3.8) is 0 Å².